The summed E-state index contributed by atoms with van der Waals surface area (Å²) in [4.78, 5) is 97.6. The van der Waals surface area contributed by atoms with E-state index in [1.54, 1.807) is 30.5 Å². The van der Waals surface area contributed by atoms with Gasteiger partial charge in [-0.15, -0.1) is 0 Å². The van der Waals surface area contributed by atoms with Crippen molar-refractivity contribution in [2.75, 3.05) is 18.6 Å². The Labute approximate surface area is 318 Å². The molecule has 3 aromatic rings. The first kappa shape index (κ1) is 41.4. The molecule has 2 aromatic carbocycles. The minimum atomic E-state index is -1.33. The van der Waals surface area contributed by atoms with Crippen LogP contribution in [0.5, 0.6) is 0 Å². The van der Waals surface area contributed by atoms with Gasteiger partial charge in [-0.05, 0) is 54.4 Å². The second kappa shape index (κ2) is 20.2. The van der Waals surface area contributed by atoms with Crippen molar-refractivity contribution in [3.63, 3.8) is 0 Å². The lowest BCUT2D eigenvalue weighted by Gasteiger charge is -2.28. The third-order valence-corrected chi connectivity index (χ3v) is 9.63. The van der Waals surface area contributed by atoms with Gasteiger partial charge >= 0.3 is 0 Å². The topological polar surface area (TPSA) is 233 Å². The van der Waals surface area contributed by atoms with Crippen LogP contribution in [0.25, 0.3) is 10.9 Å². The van der Waals surface area contributed by atoms with Crippen molar-refractivity contribution in [3.8, 4) is 0 Å². The maximum absolute atomic E-state index is 14.2. The van der Waals surface area contributed by atoms with E-state index in [1.165, 1.54) is 11.8 Å². The molecule has 1 aromatic heterocycles. The van der Waals surface area contributed by atoms with Gasteiger partial charge in [0.15, 0.2) is 0 Å². The lowest BCUT2D eigenvalue weighted by molar-refractivity contribution is -0.136. The molecule has 54 heavy (non-hydrogen) atoms. The second-order valence-corrected chi connectivity index (χ2v) is 14.7. The van der Waals surface area contributed by atoms with Gasteiger partial charge in [0.25, 0.3) is 0 Å². The molecule has 4 rings (SSSR count). The Bertz CT molecular complexity index is 1800. The molecule has 16 heteroatoms. The molecule has 9 N–H and O–H groups in total. The van der Waals surface area contributed by atoms with Crippen molar-refractivity contribution < 1.29 is 33.6 Å². The van der Waals surface area contributed by atoms with E-state index < -0.39 is 78.1 Å². The van der Waals surface area contributed by atoms with Crippen molar-refractivity contribution in [2.24, 2.45) is 11.7 Å². The molecule has 0 aliphatic carbocycles. The fourth-order valence-electron chi connectivity index (χ4n) is 6.18. The van der Waals surface area contributed by atoms with Crippen LogP contribution in [0.1, 0.15) is 50.7 Å². The minimum absolute atomic E-state index is 0.0101. The highest BCUT2D eigenvalue weighted by Crippen LogP contribution is 2.20. The Morgan fingerprint density at radius 3 is 1.94 bits per heavy atom. The quantitative estimate of drug-likeness (QED) is 0.130. The van der Waals surface area contributed by atoms with Gasteiger partial charge in [-0.25, -0.2) is 0 Å². The zero-order chi connectivity index (χ0) is 39.2. The Morgan fingerprint density at radius 1 is 0.722 bits per heavy atom. The maximum Gasteiger partial charge on any atom is 0.243 e. The standard InChI is InChI=1S/C38H50N8O7S/c1-22(2)17-29-37(52)44-28(15-16-54-3)36(51)43-27(13-14-32(39)47)35(50)46-31(19-24-20-40-26-12-8-7-11-25(24)26)38(53)45-30(18-23-9-5-4-6-10-23)34(49)41-21-33(48)42-29/h4-12,20,22,27-31,40H,13-19,21H2,1-3H3,(H2,39,47)(H,41,49)(H,42,48)(H,43,51)(H,44,52)(H,45,53)(H,46,50)/t27-,28-,29-,30-,31-/m0/s1. The summed E-state index contributed by atoms with van der Waals surface area (Å²) in [6.45, 7) is 3.25. The molecular formula is C38H50N8O7S. The van der Waals surface area contributed by atoms with Crippen LogP contribution in [-0.4, -0.2) is 95.1 Å². The molecule has 0 spiro atoms. The highest BCUT2D eigenvalue weighted by atomic mass is 32.2. The molecule has 2 heterocycles. The predicted octanol–water partition coefficient (Wildman–Crippen LogP) is 0.572. The highest BCUT2D eigenvalue weighted by molar-refractivity contribution is 7.98. The summed E-state index contributed by atoms with van der Waals surface area (Å²) in [6, 6.07) is 10.5. The van der Waals surface area contributed by atoms with Gasteiger partial charge in [-0.2, -0.15) is 11.8 Å². The molecule has 15 nitrogen and oxygen atoms in total. The number of nitrogens with one attached hydrogen (secondary N) is 7. The third-order valence-electron chi connectivity index (χ3n) is 8.99. The number of para-hydroxylation sites is 1. The first-order valence-electron chi connectivity index (χ1n) is 18.0. The summed E-state index contributed by atoms with van der Waals surface area (Å²) >= 11 is 1.44. The van der Waals surface area contributed by atoms with E-state index in [2.05, 4.69) is 36.9 Å². The molecule has 290 valence electrons. The number of rotatable bonds is 12. The number of aromatic nitrogens is 1. The van der Waals surface area contributed by atoms with Gasteiger partial charge in [-0.1, -0.05) is 62.4 Å². The van der Waals surface area contributed by atoms with E-state index in [0.717, 1.165) is 16.5 Å². The van der Waals surface area contributed by atoms with Gasteiger partial charge in [0, 0.05) is 36.4 Å². The Hall–Kier alpha value is -5.38. The number of primary amides is 1. The lowest BCUT2D eigenvalue weighted by atomic mass is 10.0. The maximum atomic E-state index is 14.2. The molecule has 0 unspecified atom stereocenters. The largest absolute Gasteiger partial charge is 0.370 e. The van der Waals surface area contributed by atoms with Crippen LogP contribution in [-0.2, 0) is 46.4 Å². The number of carbonyl (C=O) groups is 7. The predicted molar refractivity (Wildman–Crippen MR) is 206 cm³/mol. The van der Waals surface area contributed by atoms with Gasteiger partial charge in [0.05, 0.1) is 6.54 Å². The summed E-state index contributed by atoms with van der Waals surface area (Å²) in [5.74, 6) is -4.34. The summed E-state index contributed by atoms with van der Waals surface area (Å²) < 4.78 is 0. The van der Waals surface area contributed by atoms with Crippen LogP contribution in [0.15, 0.2) is 60.8 Å². The van der Waals surface area contributed by atoms with Crippen molar-refractivity contribution in [3.05, 3.63) is 71.9 Å². The average Bonchev–Trinajstić information content (AvgIpc) is 3.55. The van der Waals surface area contributed by atoms with Gasteiger partial charge in [0.2, 0.25) is 41.4 Å². The number of fused-ring (bicyclic) bond motifs is 1. The van der Waals surface area contributed by atoms with Crippen molar-refractivity contribution >= 4 is 64.0 Å². The summed E-state index contributed by atoms with van der Waals surface area (Å²) in [6.07, 6.45) is 3.57. The number of amides is 7. The molecule has 5 atom stereocenters. The smallest absolute Gasteiger partial charge is 0.243 e. The van der Waals surface area contributed by atoms with E-state index in [9.17, 15) is 33.6 Å². The van der Waals surface area contributed by atoms with E-state index in [-0.39, 0.29) is 44.4 Å². The molecule has 0 radical (unpaired) electrons. The van der Waals surface area contributed by atoms with Gasteiger partial charge < -0.3 is 42.6 Å². The van der Waals surface area contributed by atoms with E-state index in [1.807, 2.05) is 50.4 Å². The highest BCUT2D eigenvalue weighted by Gasteiger charge is 2.34. The molecular weight excluding hydrogens is 713 g/mol. The summed E-state index contributed by atoms with van der Waals surface area (Å²) in [7, 11) is 0. The molecule has 7 amide bonds. The van der Waals surface area contributed by atoms with E-state index in [4.69, 9.17) is 5.73 Å². The fourth-order valence-corrected chi connectivity index (χ4v) is 6.65. The second-order valence-electron chi connectivity index (χ2n) is 13.8. The summed E-state index contributed by atoms with van der Waals surface area (Å²) in [5, 5.41) is 17.0. The Kier molecular flexibility index (Phi) is 15.5. The number of H-pyrrole nitrogens is 1. The zero-order valence-electron chi connectivity index (χ0n) is 30.7. The molecule has 0 saturated carbocycles. The van der Waals surface area contributed by atoms with Crippen LogP contribution < -0.4 is 37.6 Å². The van der Waals surface area contributed by atoms with E-state index >= 15 is 0 Å². The van der Waals surface area contributed by atoms with Crippen molar-refractivity contribution in [1.82, 2.24) is 36.9 Å². The fraction of sp³-hybridized carbons (Fsp3) is 0.447. The summed E-state index contributed by atoms with van der Waals surface area (Å²) in [5.41, 5.74) is 7.66. The number of benzene rings is 2. The number of aromatic amines is 1. The van der Waals surface area contributed by atoms with Crippen LogP contribution >= 0.6 is 11.8 Å². The Morgan fingerprint density at radius 2 is 1.30 bits per heavy atom. The number of hydrogen-bond donors (Lipinski definition) is 8. The third kappa shape index (κ3) is 12.4. The number of hydrogen-bond acceptors (Lipinski definition) is 8. The van der Waals surface area contributed by atoms with Crippen LogP contribution in [0.2, 0.25) is 0 Å². The van der Waals surface area contributed by atoms with Crippen molar-refractivity contribution in [2.45, 2.75) is 82.6 Å². The molecule has 1 aliphatic heterocycles. The number of carbonyl (C=O) groups excluding carboxylic acids is 7. The Balaban J connectivity index is 1.75. The monoisotopic (exact) mass is 762 g/mol. The molecule has 0 bridgehead atoms. The SMILES string of the molecule is CSCC[C@@H]1NC(=O)[C@H](CC(C)C)NC(=O)CNC(=O)[C@H](Cc2ccccc2)NC(=O)[C@H](Cc2c[nH]c3ccccc23)NC(=O)[C@H](CCC(N)=O)NC1=O. The van der Waals surface area contributed by atoms with Gasteiger partial charge in [0.1, 0.15) is 30.2 Å². The number of nitrogens with two attached hydrogens (primary N) is 1. The first-order chi connectivity index (χ1) is 25.8. The van der Waals surface area contributed by atoms with Crippen LogP contribution in [0, 0.1) is 5.92 Å². The number of thioether (sulfide) groups is 1. The average molecular weight is 763 g/mol. The van der Waals surface area contributed by atoms with E-state index in [0.29, 0.717) is 11.3 Å². The van der Waals surface area contributed by atoms with Crippen LogP contribution in [0.4, 0.5) is 0 Å². The normalized spacial score (nSPS) is 22.3. The van der Waals surface area contributed by atoms with Gasteiger partial charge in [-0.3, -0.25) is 33.6 Å². The van der Waals surface area contributed by atoms with Crippen molar-refractivity contribution in [1.29, 1.82) is 0 Å². The molecule has 1 saturated heterocycles. The van der Waals surface area contributed by atoms with Crippen LogP contribution in [0.3, 0.4) is 0 Å². The zero-order valence-corrected chi connectivity index (χ0v) is 31.6. The minimum Gasteiger partial charge on any atom is -0.370 e. The molecule has 1 aliphatic rings. The first-order valence-corrected chi connectivity index (χ1v) is 19.4. The lowest BCUT2D eigenvalue weighted by Crippen LogP contribution is -2.60. The molecule has 1 fully saturated rings.